The van der Waals surface area contributed by atoms with E-state index in [1.54, 1.807) is 0 Å². The zero-order chi connectivity index (χ0) is 7.11. The van der Waals surface area contributed by atoms with E-state index in [-0.39, 0.29) is 58.0 Å². The third-order valence-electron chi connectivity index (χ3n) is 0.652. The first-order valence-electron chi connectivity index (χ1n) is 2.69. The Kier molecular flexibility index (Phi) is 13.3. The fourth-order valence-corrected chi connectivity index (χ4v) is 0.328. The van der Waals surface area contributed by atoms with Crippen molar-refractivity contribution < 1.29 is 70.8 Å². The van der Waals surface area contributed by atoms with Crippen molar-refractivity contribution >= 4 is 6.16 Å². The van der Waals surface area contributed by atoms with E-state index in [2.05, 4.69) is 4.74 Å². The number of carboxylic acid groups (broad SMARTS) is 1. The maximum atomic E-state index is 9.57. The van der Waals surface area contributed by atoms with E-state index in [1.165, 1.54) is 0 Å². The molecule has 0 aromatic rings. The monoisotopic (exact) mass is 172 g/mol. The van der Waals surface area contributed by atoms with Gasteiger partial charge in [0.2, 0.25) is 0 Å². The summed E-state index contributed by atoms with van der Waals surface area (Å²) < 4.78 is 8.79. The molecule has 0 rings (SSSR count). The Morgan fingerprint density at radius 1 is 1.50 bits per heavy atom. The predicted octanol–water partition coefficient (Wildman–Crippen LogP) is -3.61. The molecule has 0 amide bonds. The van der Waals surface area contributed by atoms with Crippen molar-refractivity contribution in [2.45, 2.75) is 6.92 Å². The molecule has 54 valence electrons. The Bertz CT molecular complexity index is 85.7. The van der Waals surface area contributed by atoms with Crippen LogP contribution in [-0.2, 0) is 9.47 Å². The zero-order valence-electron chi connectivity index (χ0n) is 6.25. The van der Waals surface area contributed by atoms with Crippen molar-refractivity contribution in [2.75, 3.05) is 19.8 Å². The third kappa shape index (κ3) is 11.6. The second kappa shape index (κ2) is 9.87. The molecule has 0 unspecified atom stereocenters. The standard InChI is InChI=1S/C5H10O4.K/c1-2-8-3-4-9-5(6)7;/h2-4H2,1H3,(H,6,7);/q;+1/p-1. The summed E-state index contributed by atoms with van der Waals surface area (Å²) in [5.41, 5.74) is 0. The number of carbonyl (C=O) groups excluding carboxylic acids is 1. The minimum atomic E-state index is -1.50. The molecule has 5 heteroatoms. The molecule has 0 aliphatic rings. The molecule has 0 aromatic carbocycles. The summed E-state index contributed by atoms with van der Waals surface area (Å²) in [7, 11) is 0. The minimum absolute atomic E-state index is 0. The van der Waals surface area contributed by atoms with Gasteiger partial charge in [-0.05, 0) is 6.92 Å². The first-order valence-corrected chi connectivity index (χ1v) is 2.69. The number of rotatable bonds is 4. The van der Waals surface area contributed by atoms with Gasteiger partial charge in [0.15, 0.2) is 0 Å². The van der Waals surface area contributed by atoms with Crippen LogP contribution in [0.5, 0.6) is 0 Å². The molecular formula is C5H9KO4. The smallest absolute Gasteiger partial charge is 0.547 e. The molecule has 4 nitrogen and oxygen atoms in total. The van der Waals surface area contributed by atoms with Gasteiger partial charge in [-0.2, -0.15) is 0 Å². The molecule has 0 saturated heterocycles. The van der Waals surface area contributed by atoms with E-state index >= 15 is 0 Å². The quantitative estimate of drug-likeness (QED) is 0.250. The van der Waals surface area contributed by atoms with Crippen LogP contribution < -0.4 is 56.5 Å². The molecule has 0 radical (unpaired) electrons. The van der Waals surface area contributed by atoms with Crippen LogP contribution in [-0.4, -0.2) is 26.0 Å². The van der Waals surface area contributed by atoms with E-state index in [0.717, 1.165) is 0 Å². The molecular weight excluding hydrogens is 163 g/mol. The van der Waals surface area contributed by atoms with Crippen molar-refractivity contribution in [1.29, 1.82) is 0 Å². The molecule has 0 heterocycles. The van der Waals surface area contributed by atoms with Crippen LogP contribution in [0, 0.1) is 0 Å². The molecule has 0 N–H and O–H groups in total. The van der Waals surface area contributed by atoms with Gasteiger partial charge in [0, 0.05) is 6.61 Å². The Morgan fingerprint density at radius 3 is 2.50 bits per heavy atom. The number of carbonyl (C=O) groups is 1. The van der Waals surface area contributed by atoms with Crippen LogP contribution in [0.25, 0.3) is 0 Å². The summed E-state index contributed by atoms with van der Waals surface area (Å²) in [6, 6.07) is 0. The van der Waals surface area contributed by atoms with Crippen LogP contribution in [0.2, 0.25) is 0 Å². The summed E-state index contributed by atoms with van der Waals surface area (Å²) in [4.78, 5) is 9.57. The first-order chi connectivity index (χ1) is 4.27. The average Bonchev–Trinajstić information content (AvgIpc) is 1.80. The van der Waals surface area contributed by atoms with Gasteiger partial charge in [0.1, 0.15) is 0 Å². The normalized spacial score (nSPS) is 8.10. The SMILES string of the molecule is CCOCCOC(=O)[O-].[K+]. The van der Waals surface area contributed by atoms with Crippen molar-refractivity contribution in [1.82, 2.24) is 0 Å². The van der Waals surface area contributed by atoms with Gasteiger partial charge in [-0.25, -0.2) is 0 Å². The summed E-state index contributed by atoms with van der Waals surface area (Å²) in [6.45, 7) is 2.73. The van der Waals surface area contributed by atoms with E-state index < -0.39 is 6.16 Å². The second-order valence-corrected chi connectivity index (χ2v) is 1.30. The zero-order valence-corrected chi connectivity index (χ0v) is 9.38. The van der Waals surface area contributed by atoms with E-state index in [4.69, 9.17) is 4.74 Å². The van der Waals surface area contributed by atoms with Crippen molar-refractivity contribution in [3.05, 3.63) is 0 Å². The first kappa shape index (κ1) is 13.5. The van der Waals surface area contributed by atoms with Gasteiger partial charge < -0.3 is 19.4 Å². The predicted molar refractivity (Wildman–Crippen MR) is 27.8 cm³/mol. The van der Waals surface area contributed by atoms with Crippen molar-refractivity contribution in [2.24, 2.45) is 0 Å². The van der Waals surface area contributed by atoms with Gasteiger partial charge in [-0.3, -0.25) is 0 Å². The van der Waals surface area contributed by atoms with Crippen LogP contribution in [0.15, 0.2) is 0 Å². The third-order valence-corrected chi connectivity index (χ3v) is 0.652. The molecule has 0 atom stereocenters. The van der Waals surface area contributed by atoms with Crippen LogP contribution in [0.4, 0.5) is 4.79 Å². The number of hydrogen-bond donors (Lipinski definition) is 0. The topological polar surface area (TPSA) is 58.6 Å². The molecule has 0 spiro atoms. The molecule has 0 bridgehead atoms. The maximum Gasteiger partial charge on any atom is 1.00 e. The molecule has 0 aliphatic heterocycles. The average molecular weight is 172 g/mol. The molecule has 0 fully saturated rings. The maximum absolute atomic E-state index is 9.57. The number of hydrogen-bond acceptors (Lipinski definition) is 4. The summed E-state index contributed by atoms with van der Waals surface area (Å²) >= 11 is 0. The molecule has 0 aliphatic carbocycles. The molecule has 0 aromatic heterocycles. The summed E-state index contributed by atoms with van der Waals surface area (Å²) in [6.07, 6.45) is -1.50. The van der Waals surface area contributed by atoms with Gasteiger partial charge in [-0.15, -0.1) is 0 Å². The second-order valence-electron chi connectivity index (χ2n) is 1.30. The van der Waals surface area contributed by atoms with Crippen LogP contribution in [0.3, 0.4) is 0 Å². The largest absolute Gasteiger partial charge is 1.00 e. The van der Waals surface area contributed by atoms with Gasteiger partial charge in [-0.1, -0.05) is 0 Å². The van der Waals surface area contributed by atoms with Crippen LogP contribution in [0.1, 0.15) is 6.92 Å². The fraction of sp³-hybridized carbons (Fsp3) is 0.800. The fourth-order valence-electron chi connectivity index (χ4n) is 0.328. The number of ether oxygens (including phenoxy) is 2. The van der Waals surface area contributed by atoms with E-state index in [1.807, 2.05) is 6.92 Å². The Balaban J connectivity index is 0. The molecule has 0 saturated carbocycles. The van der Waals surface area contributed by atoms with Gasteiger partial charge >= 0.3 is 51.4 Å². The Hall–Kier alpha value is 0.866. The Labute approximate surface area is 102 Å². The van der Waals surface area contributed by atoms with Gasteiger partial charge in [0.25, 0.3) is 6.16 Å². The van der Waals surface area contributed by atoms with Crippen LogP contribution >= 0.6 is 0 Å². The summed E-state index contributed by atoms with van der Waals surface area (Å²) in [5.74, 6) is 0. The Morgan fingerprint density at radius 2 is 2.10 bits per heavy atom. The molecule has 10 heavy (non-hydrogen) atoms. The van der Waals surface area contributed by atoms with Crippen molar-refractivity contribution in [3.63, 3.8) is 0 Å². The van der Waals surface area contributed by atoms with E-state index in [0.29, 0.717) is 13.2 Å². The minimum Gasteiger partial charge on any atom is -0.547 e. The van der Waals surface area contributed by atoms with E-state index in [9.17, 15) is 9.90 Å². The van der Waals surface area contributed by atoms with Crippen molar-refractivity contribution in [3.8, 4) is 0 Å². The summed E-state index contributed by atoms with van der Waals surface area (Å²) in [5, 5.41) is 9.57. The van der Waals surface area contributed by atoms with Gasteiger partial charge in [0.05, 0.1) is 13.2 Å².